The highest BCUT2D eigenvalue weighted by atomic mass is 32.1. The summed E-state index contributed by atoms with van der Waals surface area (Å²) in [4.78, 5) is 18.8. The molecule has 2 aromatic carbocycles. The third kappa shape index (κ3) is 6.18. The lowest BCUT2D eigenvalue weighted by Gasteiger charge is -2.21. The number of amides is 1. The van der Waals surface area contributed by atoms with Crippen LogP contribution in [0.1, 0.15) is 38.7 Å². The van der Waals surface area contributed by atoms with Crippen molar-refractivity contribution < 1.29 is 14.3 Å². The molecule has 1 saturated heterocycles. The lowest BCUT2D eigenvalue weighted by Crippen LogP contribution is -2.37. The predicted octanol–water partition coefficient (Wildman–Crippen LogP) is 5.58. The van der Waals surface area contributed by atoms with Crippen LogP contribution in [0.5, 0.6) is 10.9 Å². The van der Waals surface area contributed by atoms with E-state index in [0.29, 0.717) is 5.19 Å². The zero-order valence-corrected chi connectivity index (χ0v) is 18.9. The van der Waals surface area contributed by atoms with Crippen LogP contribution in [0, 0.1) is 0 Å². The second-order valence-electron chi connectivity index (χ2n) is 8.20. The monoisotopic (exact) mass is 439 g/mol. The lowest BCUT2D eigenvalue weighted by atomic mass is 10.1. The normalized spacial score (nSPS) is 17.5. The van der Waals surface area contributed by atoms with Gasteiger partial charge in [-0.15, -0.1) is 0 Å². The molecule has 0 bridgehead atoms. The van der Waals surface area contributed by atoms with Gasteiger partial charge >= 0.3 is 6.09 Å². The number of hydrogen-bond acceptors (Lipinski definition) is 6. The second kappa shape index (κ2) is 10.1. The molecule has 1 aromatic heterocycles. The van der Waals surface area contributed by atoms with Gasteiger partial charge in [-0.25, -0.2) is 9.78 Å². The van der Waals surface area contributed by atoms with Crippen LogP contribution in [0.4, 0.5) is 4.79 Å². The fourth-order valence-corrected chi connectivity index (χ4v) is 4.62. The molecule has 1 N–H and O–H groups in total. The minimum Gasteiger partial charge on any atom is -0.447 e. The summed E-state index contributed by atoms with van der Waals surface area (Å²) in [5.74, 6) is 0.798. The van der Waals surface area contributed by atoms with Gasteiger partial charge < -0.3 is 14.8 Å². The minimum atomic E-state index is -0.308. The van der Waals surface area contributed by atoms with E-state index in [1.807, 2.05) is 44.2 Å². The Bertz CT molecular complexity index is 970. The Morgan fingerprint density at radius 1 is 1.16 bits per heavy atom. The van der Waals surface area contributed by atoms with E-state index in [9.17, 15) is 4.79 Å². The van der Waals surface area contributed by atoms with Gasteiger partial charge in [0.05, 0.1) is 16.3 Å². The Morgan fingerprint density at radius 2 is 1.97 bits per heavy atom. The highest BCUT2D eigenvalue weighted by Crippen LogP contribution is 2.31. The largest absolute Gasteiger partial charge is 0.447 e. The number of rotatable bonds is 6. The molecule has 1 fully saturated rings. The number of alkyl carbamates (subject to hydrolysis) is 1. The molecule has 2 heterocycles. The number of nitrogens with one attached hydrogen (secondary N) is 1. The van der Waals surface area contributed by atoms with Crippen molar-refractivity contribution in [1.82, 2.24) is 15.2 Å². The van der Waals surface area contributed by atoms with Crippen molar-refractivity contribution in [3.8, 4) is 10.9 Å². The molecule has 1 amide bonds. The molecule has 6 nitrogen and oxygen atoms in total. The first-order valence-corrected chi connectivity index (χ1v) is 11.7. The van der Waals surface area contributed by atoms with Crippen molar-refractivity contribution in [2.75, 3.05) is 13.1 Å². The highest BCUT2D eigenvalue weighted by Gasteiger charge is 2.19. The molecule has 164 valence electrons. The molecule has 1 aliphatic heterocycles. The number of benzene rings is 2. The molecule has 0 spiro atoms. The van der Waals surface area contributed by atoms with Crippen molar-refractivity contribution in [2.45, 2.75) is 51.8 Å². The van der Waals surface area contributed by atoms with Crippen LogP contribution >= 0.6 is 11.3 Å². The third-order valence-electron chi connectivity index (χ3n) is 5.29. The first-order valence-electron chi connectivity index (χ1n) is 10.9. The SMILES string of the molecule is CC(C)OC(=O)NC1CCCN(Cc2ccc(Oc3nc4ccccc4s3)cc2)CC1. The van der Waals surface area contributed by atoms with Gasteiger partial charge in [-0.1, -0.05) is 35.6 Å². The number of nitrogens with zero attached hydrogens (tertiary/aromatic N) is 2. The van der Waals surface area contributed by atoms with Gasteiger partial charge in [0.1, 0.15) is 5.75 Å². The van der Waals surface area contributed by atoms with Crippen molar-refractivity contribution in [2.24, 2.45) is 0 Å². The molecule has 1 atom stereocenters. The summed E-state index contributed by atoms with van der Waals surface area (Å²) in [7, 11) is 0. The van der Waals surface area contributed by atoms with Crippen LogP contribution in [0.2, 0.25) is 0 Å². The smallest absolute Gasteiger partial charge is 0.407 e. The molecule has 0 saturated carbocycles. The summed E-state index contributed by atoms with van der Waals surface area (Å²) in [6.07, 6.45) is 2.58. The molecule has 4 rings (SSSR count). The summed E-state index contributed by atoms with van der Waals surface area (Å²) >= 11 is 1.55. The van der Waals surface area contributed by atoms with E-state index < -0.39 is 0 Å². The molecule has 1 aliphatic rings. The topological polar surface area (TPSA) is 63.7 Å². The Morgan fingerprint density at radius 3 is 2.74 bits per heavy atom. The van der Waals surface area contributed by atoms with Crippen molar-refractivity contribution in [3.63, 3.8) is 0 Å². The molecule has 31 heavy (non-hydrogen) atoms. The van der Waals surface area contributed by atoms with Crippen LogP contribution in [0.25, 0.3) is 10.2 Å². The number of para-hydroxylation sites is 1. The molecule has 1 unspecified atom stereocenters. The molecule has 0 radical (unpaired) electrons. The Hall–Kier alpha value is -2.64. The van der Waals surface area contributed by atoms with E-state index in [4.69, 9.17) is 9.47 Å². The second-order valence-corrected chi connectivity index (χ2v) is 9.19. The first-order chi connectivity index (χ1) is 15.0. The van der Waals surface area contributed by atoms with E-state index in [2.05, 4.69) is 33.4 Å². The number of hydrogen-bond donors (Lipinski definition) is 1. The van der Waals surface area contributed by atoms with E-state index in [0.717, 1.165) is 54.9 Å². The van der Waals surface area contributed by atoms with Crippen LogP contribution in [-0.2, 0) is 11.3 Å². The van der Waals surface area contributed by atoms with Crippen LogP contribution in [-0.4, -0.2) is 41.2 Å². The van der Waals surface area contributed by atoms with Crippen LogP contribution in [0.3, 0.4) is 0 Å². The van der Waals surface area contributed by atoms with Crippen molar-refractivity contribution in [3.05, 3.63) is 54.1 Å². The fourth-order valence-electron chi connectivity index (χ4n) is 3.79. The standard InChI is InChI=1S/C24H29N3O3S/c1-17(2)29-23(28)25-19-6-5-14-27(15-13-19)16-18-9-11-20(12-10-18)30-24-26-21-7-3-4-8-22(21)31-24/h3-4,7-12,17,19H,5-6,13-16H2,1-2H3,(H,25,28). The fraction of sp³-hybridized carbons (Fsp3) is 0.417. The zero-order valence-electron chi connectivity index (χ0n) is 18.0. The summed E-state index contributed by atoms with van der Waals surface area (Å²) in [5.41, 5.74) is 2.22. The average molecular weight is 440 g/mol. The van der Waals surface area contributed by atoms with Crippen LogP contribution in [0.15, 0.2) is 48.5 Å². The van der Waals surface area contributed by atoms with Gasteiger partial charge in [-0.3, -0.25) is 4.90 Å². The number of thiazole rings is 1. The number of carbonyl (C=O) groups is 1. The maximum absolute atomic E-state index is 11.9. The maximum atomic E-state index is 11.9. The summed E-state index contributed by atoms with van der Waals surface area (Å²) in [6, 6.07) is 16.5. The average Bonchev–Trinajstić information content (AvgIpc) is 3.02. The van der Waals surface area contributed by atoms with Gasteiger partial charge in [0.2, 0.25) is 0 Å². The van der Waals surface area contributed by atoms with E-state index in [1.165, 1.54) is 5.56 Å². The Kier molecular flexibility index (Phi) is 7.04. The van der Waals surface area contributed by atoms with Gasteiger partial charge in [-0.2, -0.15) is 0 Å². The van der Waals surface area contributed by atoms with Gasteiger partial charge in [0.15, 0.2) is 0 Å². The van der Waals surface area contributed by atoms with E-state index >= 15 is 0 Å². The van der Waals surface area contributed by atoms with Crippen molar-refractivity contribution in [1.29, 1.82) is 0 Å². The quantitative estimate of drug-likeness (QED) is 0.543. The number of aromatic nitrogens is 1. The number of ether oxygens (including phenoxy) is 2. The zero-order chi connectivity index (χ0) is 21.6. The molecule has 0 aliphatic carbocycles. The Balaban J connectivity index is 1.28. The van der Waals surface area contributed by atoms with Gasteiger partial charge in [0, 0.05) is 19.1 Å². The van der Waals surface area contributed by atoms with Crippen molar-refractivity contribution >= 4 is 27.6 Å². The molecule has 7 heteroatoms. The van der Waals surface area contributed by atoms with Gasteiger partial charge in [0.25, 0.3) is 5.19 Å². The summed E-state index contributed by atoms with van der Waals surface area (Å²) < 4.78 is 12.3. The molecule has 3 aromatic rings. The summed E-state index contributed by atoms with van der Waals surface area (Å²) in [5, 5.41) is 3.67. The number of likely N-dealkylation sites (tertiary alicyclic amines) is 1. The lowest BCUT2D eigenvalue weighted by molar-refractivity contribution is 0.111. The number of carbonyl (C=O) groups excluding carboxylic acids is 1. The van der Waals surface area contributed by atoms with Crippen LogP contribution < -0.4 is 10.1 Å². The van der Waals surface area contributed by atoms with E-state index in [1.54, 1.807) is 11.3 Å². The first kappa shape index (κ1) is 21.6. The predicted molar refractivity (Wildman–Crippen MR) is 124 cm³/mol. The molecular formula is C24H29N3O3S. The highest BCUT2D eigenvalue weighted by molar-refractivity contribution is 7.20. The Labute approximate surface area is 187 Å². The van der Waals surface area contributed by atoms with Gasteiger partial charge in [-0.05, 0) is 69.5 Å². The number of fused-ring (bicyclic) bond motifs is 1. The maximum Gasteiger partial charge on any atom is 0.407 e. The minimum absolute atomic E-state index is 0.0936. The van der Waals surface area contributed by atoms with E-state index in [-0.39, 0.29) is 18.2 Å². The summed E-state index contributed by atoms with van der Waals surface area (Å²) in [6.45, 7) is 6.61. The molecular weight excluding hydrogens is 410 g/mol. The third-order valence-corrected chi connectivity index (χ3v) is 6.21.